The smallest absolute Gasteiger partial charge is 0.121 e. The van der Waals surface area contributed by atoms with Crippen LogP contribution in [0.15, 0.2) is 48.7 Å². The van der Waals surface area contributed by atoms with Gasteiger partial charge in [-0.3, -0.25) is 0 Å². The van der Waals surface area contributed by atoms with Crippen LogP contribution in [0.2, 0.25) is 5.02 Å². The molecule has 0 bridgehead atoms. The molecule has 0 amide bonds. The SMILES string of the molecule is Cc1ccc2c(COc3cccc(Cl)c3)cn(C)c2c1. The number of hydrogen-bond acceptors (Lipinski definition) is 1. The van der Waals surface area contributed by atoms with E-state index >= 15 is 0 Å². The Balaban J connectivity index is 1.88. The summed E-state index contributed by atoms with van der Waals surface area (Å²) in [6, 6.07) is 14.0. The van der Waals surface area contributed by atoms with Gasteiger partial charge in [0.25, 0.3) is 0 Å². The summed E-state index contributed by atoms with van der Waals surface area (Å²) in [6.07, 6.45) is 2.12. The van der Waals surface area contributed by atoms with Gasteiger partial charge in [-0.25, -0.2) is 0 Å². The van der Waals surface area contributed by atoms with Crippen LogP contribution in [0.5, 0.6) is 5.75 Å². The van der Waals surface area contributed by atoms with Crippen molar-refractivity contribution in [3.63, 3.8) is 0 Å². The molecule has 0 aliphatic rings. The standard InChI is InChI=1S/C17H16ClNO/c1-12-6-7-16-13(10-19(2)17(16)8-12)11-20-15-5-3-4-14(18)9-15/h3-10H,11H2,1-2H3. The minimum Gasteiger partial charge on any atom is -0.489 e. The number of rotatable bonds is 3. The van der Waals surface area contributed by atoms with Crippen LogP contribution >= 0.6 is 11.6 Å². The van der Waals surface area contributed by atoms with Gasteiger partial charge >= 0.3 is 0 Å². The summed E-state index contributed by atoms with van der Waals surface area (Å²) in [5.74, 6) is 0.793. The van der Waals surface area contributed by atoms with E-state index in [4.69, 9.17) is 16.3 Å². The van der Waals surface area contributed by atoms with Crippen molar-refractivity contribution in [2.75, 3.05) is 0 Å². The molecule has 1 aromatic heterocycles. The van der Waals surface area contributed by atoms with Crippen molar-refractivity contribution < 1.29 is 4.74 Å². The monoisotopic (exact) mass is 285 g/mol. The second kappa shape index (κ2) is 5.22. The molecular formula is C17H16ClNO. The quantitative estimate of drug-likeness (QED) is 0.679. The molecule has 0 saturated heterocycles. The first kappa shape index (κ1) is 13.1. The van der Waals surface area contributed by atoms with Gasteiger partial charge in [-0.2, -0.15) is 0 Å². The first-order valence-electron chi connectivity index (χ1n) is 6.56. The third-order valence-corrected chi connectivity index (χ3v) is 3.65. The average molecular weight is 286 g/mol. The number of fused-ring (bicyclic) bond motifs is 1. The van der Waals surface area contributed by atoms with E-state index in [0.717, 1.165) is 5.75 Å². The molecule has 3 aromatic rings. The molecular weight excluding hydrogens is 270 g/mol. The summed E-state index contributed by atoms with van der Waals surface area (Å²) in [6.45, 7) is 2.65. The Morgan fingerprint density at radius 1 is 1.15 bits per heavy atom. The van der Waals surface area contributed by atoms with Crippen LogP contribution in [0.3, 0.4) is 0 Å². The van der Waals surface area contributed by atoms with E-state index in [0.29, 0.717) is 11.6 Å². The third-order valence-electron chi connectivity index (χ3n) is 3.42. The van der Waals surface area contributed by atoms with Crippen molar-refractivity contribution in [1.29, 1.82) is 0 Å². The molecule has 0 unspecified atom stereocenters. The van der Waals surface area contributed by atoms with Crippen LogP contribution in [-0.2, 0) is 13.7 Å². The lowest BCUT2D eigenvalue weighted by Crippen LogP contribution is -1.94. The Bertz CT molecular complexity index is 761. The molecule has 0 aliphatic carbocycles. The third kappa shape index (κ3) is 2.52. The summed E-state index contributed by atoms with van der Waals surface area (Å²) < 4.78 is 7.96. The average Bonchev–Trinajstić information content (AvgIpc) is 2.73. The van der Waals surface area contributed by atoms with Crippen LogP contribution in [0, 0.1) is 6.92 Å². The van der Waals surface area contributed by atoms with Gasteiger partial charge in [0, 0.05) is 34.7 Å². The fraction of sp³-hybridized carbons (Fsp3) is 0.176. The number of aromatic nitrogens is 1. The summed E-state index contributed by atoms with van der Waals surface area (Å²) in [5.41, 5.74) is 3.68. The van der Waals surface area contributed by atoms with E-state index in [1.807, 2.05) is 24.3 Å². The second-order valence-corrected chi connectivity index (χ2v) is 5.47. The van der Waals surface area contributed by atoms with Crippen molar-refractivity contribution in [1.82, 2.24) is 4.57 Å². The van der Waals surface area contributed by atoms with Gasteiger partial charge < -0.3 is 9.30 Å². The molecule has 3 rings (SSSR count). The lowest BCUT2D eigenvalue weighted by atomic mass is 10.1. The van der Waals surface area contributed by atoms with Gasteiger partial charge in [0.1, 0.15) is 12.4 Å². The van der Waals surface area contributed by atoms with Gasteiger partial charge in [-0.05, 0) is 36.8 Å². The zero-order chi connectivity index (χ0) is 14.1. The van der Waals surface area contributed by atoms with Gasteiger partial charge in [-0.1, -0.05) is 29.8 Å². The molecule has 0 spiro atoms. The molecule has 0 saturated carbocycles. The van der Waals surface area contributed by atoms with E-state index in [1.54, 1.807) is 0 Å². The van der Waals surface area contributed by atoms with Crippen LogP contribution in [0.25, 0.3) is 10.9 Å². The van der Waals surface area contributed by atoms with Gasteiger partial charge in [0.2, 0.25) is 0 Å². The maximum absolute atomic E-state index is 5.96. The fourth-order valence-electron chi connectivity index (χ4n) is 2.41. The maximum atomic E-state index is 5.96. The number of ether oxygens (including phenoxy) is 1. The highest BCUT2D eigenvalue weighted by Crippen LogP contribution is 2.24. The van der Waals surface area contributed by atoms with Crippen molar-refractivity contribution in [3.8, 4) is 5.75 Å². The highest BCUT2D eigenvalue weighted by atomic mass is 35.5. The zero-order valence-electron chi connectivity index (χ0n) is 11.6. The van der Waals surface area contributed by atoms with Crippen molar-refractivity contribution in [2.24, 2.45) is 7.05 Å². The maximum Gasteiger partial charge on any atom is 0.121 e. The Morgan fingerprint density at radius 3 is 2.80 bits per heavy atom. The normalized spacial score (nSPS) is 10.9. The molecule has 0 N–H and O–H groups in total. The molecule has 2 nitrogen and oxygen atoms in total. The molecule has 0 atom stereocenters. The predicted octanol–water partition coefficient (Wildman–Crippen LogP) is 4.72. The van der Waals surface area contributed by atoms with Gasteiger partial charge in [0.05, 0.1) is 0 Å². The fourth-order valence-corrected chi connectivity index (χ4v) is 2.59. The Morgan fingerprint density at radius 2 is 2.00 bits per heavy atom. The van der Waals surface area contributed by atoms with Crippen molar-refractivity contribution >= 4 is 22.5 Å². The molecule has 102 valence electrons. The van der Waals surface area contributed by atoms with E-state index < -0.39 is 0 Å². The molecule has 20 heavy (non-hydrogen) atoms. The minimum absolute atomic E-state index is 0.542. The van der Waals surface area contributed by atoms with Crippen LogP contribution < -0.4 is 4.74 Å². The van der Waals surface area contributed by atoms with Crippen molar-refractivity contribution in [3.05, 3.63) is 64.8 Å². The lowest BCUT2D eigenvalue weighted by Gasteiger charge is -2.05. The van der Waals surface area contributed by atoms with Gasteiger partial charge in [0.15, 0.2) is 0 Å². The lowest BCUT2D eigenvalue weighted by molar-refractivity contribution is 0.307. The van der Waals surface area contributed by atoms with Crippen LogP contribution in [0.1, 0.15) is 11.1 Å². The van der Waals surface area contributed by atoms with Crippen LogP contribution in [0.4, 0.5) is 0 Å². The molecule has 0 aliphatic heterocycles. The summed E-state index contributed by atoms with van der Waals surface area (Å²) in [5, 5.41) is 1.93. The van der Waals surface area contributed by atoms with Crippen LogP contribution in [-0.4, -0.2) is 4.57 Å². The number of halogens is 1. The number of hydrogen-bond donors (Lipinski definition) is 0. The van der Waals surface area contributed by atoms with E-state index in [2.05, 4.69) is 42.9 Å². The highest BCUT2D eigenvalue weighted by Gasteiger charge is 2.07. The number of benzene rings is 2. The first-order chi connectivity index (χ1) is 9.63. The zero-order valence-corrected chi connectivity index (χ0v) is 12.3. The number of nitrogens with zero attached hydrogens (tertiary/aromatic N) is 1. The van der Waals surface area contributed by atoms with Crippen molar-refractivity contribution in [2.45, 2.75) is 13.5 Å². The summed E-state index contributed by atoms with van der Waals surface area (Å²) in [4.78, 5) is 0. The molecule has 2 aromatic carbocycles. The first-order valence-corrected chi connectivity index (χ1v) is 6.94. The van der Waals surface area contributed by atoms with E-state index in [1.165, 1.54) is 22.0 Å². The molecule has 3 heteroatoms. The summed E-state index contributed by atoms with van der Waals surface area (Å²) >= 11 is 5.96. The highest BCUT2D eigenvalue weighted by molar-refractivity contribution is 6.30. The largest absolute Gasteiger partial charge is 0.489 e. The summed E-state index contributed by atoms with van der Waals surface area (Å²) in [7, 11) is 2.06. The molecule has 0 fully saturated rings. The molecule has 1 heterocycles. The Hall–Kier alpha value is -1.93. The topological polar surface area (TPSA) is 14.2 Å². The number of aryl methyl sites for hydroxylation is 2. The Labute approximate surface area is 123 Å². The van der Waals surface area contributed by atoms with E-state index in [9.17, 15) is 0 Å². The molecule has 0 radical (unpaired) electrons. The Kier molecular flexibility index (Phi) is 3.41. The van der Waals surface area contributed by atoms with E-state index in [-0.39, 0.29) is 0 Å². The van der Waals surface area contributed by atoms with Gasteiger partial charge in [-0.15, -0.1) is 0 Å². The minimum atomic E-state index is 0.542. The predicted molar refractivity (Wildman–Crippen MR) is 83.4 cm³/mol. The second-order valence-electron chi connectivity index (χ2n) is 5.03.